The minimum Gasteiger partial charge on any atom is -0.295 e. The van der Waals surface area contributed by atoms with Gasteiger partial charge in [-0.25, -0.2) is 12.8 Å². The van der Waals surface area contributed by atoms with Gasteiger partial charge in [-0.05, 0) is 65.1 Å². The number of hydrogen-bond acceptors (Lipinski definition) is 4. The van der Waals surface area contributed by atoms with E-state index in [1.54, 1.807) is 53.4 Å². The fraction of sp³-hybridized carbons (Fsp3) is 0.240. The second-order valence-electron chi connectivity index (χ2n) is 8.91. The molecule has 1 atom stereocenters. The molecule has 172 valence electrons. The number of sulfonamides is 1. The Bertz CT molecular complexity index is 1250. The van der Waals surface area contributed by atoms with Crippen LogP contribution in [0.1, 0.15) is 37.3 Å². The first-order valence-corrected chi connectivity index (χ1v) is 13.0. The average molecular weight is 485 g/mol. The fourth-order valence-corrected chi connectivity index (χ4v) is 5.85. The van der Waals surface area contributed by atoms with E-state index >= 15 is 0 Å². The van der Waals surface area contributed by atoms with E-state index in [2.05, 4.69) is 25.5 Å². The summed E-state index contributed by atoms with van der Waals surface area (Å²) < 4.78 is 41.5. The van der Waals surface area contributed by atoms with Crippen molar-refractivity contribution in [3.8, 4) is 0 Å². The molecule has 3 aromatic carbocycles. The molecule has 1 fully saturated rings. The van der Waals surface area contributed by atoms with Crippen LogP contribution < -0.4 is 9.62 Å². The Kier molecular flexibility index (Phi) is 6.24. The molecule has 1 saturated heterocycles. The first kappa shape index (κ1) is 23.3. The molecular weight excluding hydrogens is 459 g/mol. The first-order valence-electron chi connectivity index (χ1n) is 10.5. The lowest BCUT2D eigenvalue weighted by Crippen LogP contribution is -2.27. The third kappa shape index (κ3) is 5.07. The Labute approximate surface area is 198 Å². The zero-order chi connectivity index (χ0) is 23.8. The number of thioether (sulfide) groups is 1. The summed E-state index contributed by atoms with van der Waals surface area (Å²) >= 11 is 1.47. The average Bonchev–Trinajstić information content (AvgIpc) is 3.15. The molecule has 4 rings (SSSR count). The summed E-state index contributed by atoms with van der Waals surface area (Å²) in [5.74, 6) is -0.0968. The molecule has 1 aliphatic rings. The van der Waals surface area contributed by atoms with Crippen molar-refractivity contribution >= 4 is 39.1 Å². The van der Waals surface area contributed by atoms with Gasteiger partial charge in [-0.1, -0.05) is 45.0 Å². The van der Waals surface area contributed by atoms with Crippen molar-refractivity contribution in [1.29, 1.82) is 0 Å². The molecule has 3 aromatic rings. The number of anilines is 2. The minimum atomic E-state index is -3.73. The van der Waals surface area contributed by atoms with E-state index in [0.29, 0.717) is 17.1 Å². The van der Waals surface area contributed by atoms with Crippen molar-refractivity contribution in [2.24, 2.45) is 0 Å². The van der Waals surface area contributed by atoms with Crippen molar-refractivity contribution in [2.45, 2.75) is 36.5 Å². The predicted octanol–water partition coefficient (Wildman–Crippen LogP) is 5.70. The van der Waals surface area contributed by atoms with Crippen molar-refractivity contribution in [3.63, 3.8) is 0 Å². The number of nitrogens with one attached hydrogen (secondary N) is 1. The summed E-state index contributed by atoms with van der Waals surface area (Å²) in [6.45, 7) is 6.22. The molecule has 8 heteroatoms. The van der Waals surface area contributed by atoms with Gasteiger partial charge >= 0.3 is 0 Å². The van der Waals surface area contributed by atoms with Gasteiger partial charge in [-0.15, -0.1) is 11.8 Å². The van der Waals surface area contributed by atoms with Gasteiger partial charge in [0.1, 0.15) is 11.2 Å². The molecule has 1 heterocycles. The van der Waals surface area contributed by atoms with Crippen LogP contribution in [0.5, 0.6) is 0 Å². The lowest BCUT2D eigenvalue weighted by molar-refractivity contribution is -0.115. The normalized spacial score (nSPS) is 16.8. The molecule has 33 heavy (non-hydrogen) atoms. The van der Waals surface area contributed by atoms with E-state index in [4.69, 9.17) is 0 Å². The van der Waals surface area contributed by atoms with Crippen LogP contribution >= 0.6 is 11.8 Å². The summed E-state index contributed by atoms with van der Waals surface area (Å²) in [5, 5.41) is -0.265. The Morgan fingerprint density at radius 1 is 0.939 bits per heavy atom. The lowest BCUT2D eigenvalue weighted by atomic mass is 9.87. The number of rotatable bonds is 5. The maximum atomic E-state index is 13.3. The second-order valence-corrected chi connectivity index (χ2v) is 11.7. The molecule has 1 N–H and O–H groups in total. The van der Waals surface area contributed by atoms with Crippen LogP contribution in [-0.2, 0) is 20.2 Å². The van der Waals surface area contributed by atoms with Gasteiger partial charge in [0.2, 0.25) is 5.91 Å². The molecule has 0 spiro atoms. The Hall–Kier alpha value is -2.84. The van der Waals surface area contributed by atoms with E-state index in [0.717, 1.165) is 11.1 Å². The molecular formula is C25H25FN2O3S2. The van der Waals surface area contributed by atoms with Gasteiger partial charge in [0, 0.05) is 11.4 Å². The summed E-state index contributed by atoms with van der Waals surface area (Å²) in [5.41, 5.74) is 2.90. The number of benzene rings is 3. The number of carbonyl (C=O) groups is 1. The molecule has 0 aliphatic carbocycles. The van der Waals surface area contributed by atoms with Gasteiger partial charge in [0.15, 0.2) is 0 Å². The molecule has 1 amide bonds. The smallest absolute Gasteiger partial charge is 0.261 e. The largest absolute Gasteiger partial charge is 0.295 e. The number of hydrogen-bond donors (Lipinski definition) is 1. The highest BCUT2D eigenvalue weighted by molar-refractivity contribution is 8.00. The Balaban J connectivity index is 1.52. The van der Waals surface area contributed by atoms with Crippen molar-refractivity contribution in [2.75, 3.05) is 15.4 Å². The van der Waals surface area contributed by atoms with Crippen LogP contribution in [0.15, 0.2) is 77.7 Å². The molecule has 0 radical (unpaired) electrons. The fourth-order valence-electron chi connectivity index (χ4n) is 3.62. The van der Waals surface area contributed by atoms with E-state index in [-0.39, 0.29) is 27.4 Å². The van der Waals surface area contributed by atoms with E-state index in [9.17, 15) is 17.6 Å². The van der Waals surface area contributed by atoms with Crippen molar-refractivity contribution in [3.05, 3.63) is 89.7 Å². The zero-order valence-electron chi connectivity index (χ0n) is 18.6. The second kappa shape index (κ2) is 8.83. The number of nitrogens with zero attached hydrogens (tertiary/aromatic N) is 1. The van der Waals surface area contributed by atoms with Crippen LogP contribution in [0, 0.1) is 5.82 Å². The Morgan fingerprint density at radius 2 is 1.55 bits per heavy atom. The van der Waals surface area contributed by atoms with Gasteiger partial charge in [0.25, 0.3) is 10.0 Å². The standard InChI is InChI=1S/C25H25FN2O3S2/c1-25(2,3)18-6-14-22(15-7-18)33(30,31)27-20-10-4-17(5-11-20)24-28(23(29)16-32-24)21-12-8-19(26)9-13-21/h4-15,24,27H,16H2,1-3H3. The maximum absolute atomic E-state index is 13.3. The topological polar surface area (TPSA) is 66.5 Å². The number of halogens is 1. The van der Waals surface area contributed by atoms with Gasteiger partial charge in [-0.3, -0.25) is 14.4 Å². The number of carbonyl (C=O) groups excluding carboxylic acids is 1. The third-order valence-corrected chi connectivity index (χ3v) is 8.06. The molecule has 1 unspecified atom stereocenters. The van der Waals surface area contributed by atoms with Gasteiger partial charge < -0.3 is 0 Å². The highest BCUT2D eigenvalue weighted by Gasteiger charge is 2.34. The van der Waals surface area contributed by atoms with Crippen LogP contribution in [-0.4, -0.2) is 20.1 Å². The van der Waals surface area contributed by atoms with Crippen LogP contribution in [0.4, 0.5) is 15.8 Å². The van der Waals surface area contributed by atoms with Crippen molar-refractivity contribution < 1.29 is 17.6 Å². The summed E-state index contributed by atoms with van der Waals surface area (Å²) in [6, 6.07) is 19.7. The monoisotopic (exact) mass is 484 g/mol. The highest BCUT2D eigenvalue weighted by Crippen LogP contribution is 2.42. The quantitative estimate of drug-likeness (QED) is 0.504. The first-order chi connectivity index (χ1) is 15.5. The van der Waals surface area contributed by atoms with Crippen molar-refractivity contribution in [1.82, 2.24) is 0 Å². The van der Waals surface area contributed by atoms with Gasteiger partial charge in [0.05, 0.1) is 10.6 Å². The van der Waals surface area contributed by atoms with Gasteiger partial charge in [-0.2, -0.15) is 0 Å². The summed E-state index contributed by atoms with van der Waals surface area (Å²) in [6.07, 6.45) is 0. The van der Waals surface area contributed by atoms with Crippen LogP contribution in [0.3, 0.4) is 0 Å². The SMILES string of the molecule is CC(C)(C)c1ccc(S(=O)(=O)Nc2ccc(C3SCC(=O)N3c3ccc(F)cc3)cc2)cc1. The molecule has 0 saturated carbocycles. The lowest BCUT2D eigenvalue weighted by Gasteiger charge is -2.24. The zero-order valence-corrected chi connectivity index (χ0v) is 20.2. The van der Waals surface area contributed by atoms with E-state index in [1.807, 2.05) is 12.1 Å². The predicted molar refractivity (Wildman–Crippen MR) is 131 cm³/mol. The minimum absolute atomic E-state index is 0.0555. The van der Waals surface area contributed by atoms with E-state index in [1.165, 1.54) is 23.9 Å². The summed E-state index contributed by atoms with van der Waals surface area (Å²) in [7, 11) is -3.73. The highest BCUT2D eigenvalue weighted by atomic mass is 32.2. The maximum Gasteiger partial charge on any atom is 0.261 e. The Morgan fingerprint density at radius 3 is 2.12 bits per heavy atom. The molecule has 1 aliphatic heterocycles. The molecule has 5 nitrogen and oxygen atoms in total. The van der Waals surface area contributed by atoms with Crippen LogP contribution in [0.2, 0.25) is 0 Å². The molecule has 0 aromatic heterocycles. The van der Waals surface area contributed by atoms with Crippen LogP contribution in [0.25, 0.3) is 0 Å². The number of amides is 1. The molecule has 0 bridgehead atoms. The third-order valence-electron chi connectivity index (χ3n) is 5.45. The summed E-state index contributed by atoms with van der Waals surface area (Å²) in [4.78, 5) is 14.3. The van der Waals surface area contributed by atoms with E-state index < -0.39 is 10.0 Å².